The van der Waals surface area contributed by atoms with Gasteiger partial charge in [-0.05, 0) is 48.5 Å². The number of hydrogen-bond donors (Lipinski definition) is 2. The molecule has 0 spiro atoms. The van der Waals surface area contributed by atoms with Crippen LogP contribution < -0.4 is 15.0 Å². The lowest BCUT2D eigenvalue weighted by Gasteiger charge is -2.29. The largest absolute Gasteiger partial charge is 0.490 e. The molecule has 38 heavy (non-hydrogen) atoms. The average molecular weight is 553 g/mol. The third-order valence-corrected chi connectivity index (χ3v) is 8.46. The van der Waals surface area contributed by atoms with Crippen LogP contribution in [0.15, 0.2) is 75.6 Å². The summed E-state index contributed by atoms with van der Waals surface area (Å²) in [5.41, 5.74) is 1.66. The maximum absolute atomic E-state index is 12.9. The van der Waals surface area contributed by atoms with Crippen molar-refractivity contribution < 1.29 is 17.9 Å². The van der Waals surface area contributed by atoms with Crippen molar-refractivity contribution in [3.05, 3.63) is 71.9 Å². The Morgan fingerprint density at radius 3 is 2.47 bits per heavy atom. The quantitative estimate of drug-likeness (QED) is 0.292. The van der Waals surface area contributed by atoms with Gasteiger partial charge < -0.3 is 19.7 Å². The zero-order chi connectivity index (χ0) is 26.5. The SMILES string of the molecule is COc1c(Nc2cc(C)[nH]n2)nc(Sc2ccc(S(=O)(=O)Cc3ccccc3)cc2)nc1N1CCOCC1. The Balaban J connectivity index is 1.42. The lowest BCUT2D eigenvalue weighted by Crippen LogP contribution is -2.37. The summed E-state index contributed by atoms with van der Waals surface area (Å²) in [6.45, 7) is 4.45. The van der Waals surface area contributed by atoms with E-state index in [1.807, 2.05) is 43.3 Å². The maximum Gasteiger partial charge on any atom is 0.204 e. The van der Waals surface area contributed by atoms with Crippen molar-refractivity contribution >= 4 is 39.1 Å². The van der Waals surface area contributed by atoms with E-state index in [4.69, 9.17) is 19.4 Å². The van der Waals surface area contributed by atoms with Crippen LogP contribution in [0.4, 0.5) is 17.5 Å². The first-order valence-corrected chi connectivity index (χ1v) is 14.5. The smallest absolute Gasteiger partial charge is 0.204 e. The highest BCUT2D eigenvalue weighted by Crippen LogP contribution is 2.38. The van der Waals surface area contributed by atoms with Crippen LogP contribution in [0, 0.1) is 6.92 Å². The lowest BCUT2D eigenvalue weighted by molar-refractivity contribution is 0.122. The molecule has 3 heterocycles. The fourth-order valence-corrected chi connectivity index (χ4v) is 6.13. The number of aryl methyl sites for hydroxylation is 1. The molecule has 10 nitrogen and oxygen atoms in total. The predicted octanol–water partition coefficient (Wildman–Crippen LogP) is 4.22. The average Bonchev–Trinajstić information content (AvgIpc) is 3.34. The number of benzene rings is 2. The number of methoxy groups -OCH3 is 1. The van der Waals surface area contributed by atoms with E-state index >= 15 is 0 Å². The van der Waals surface area contributed by atoms with Crippen LogP contribution in [0.5, 0.6) is 5.75 Å². The van der Waals surface area contributed by atoms with Crippen LogP contribution in [-0.4, -0.2) is 62.0 Å². The number of hydrogen-bond acceptors (Lipinski definition) is 10. The van der Waals surface area contributed by atoms with Gasteiger partial charge in [0.05, 0.1) is 31.0 Å². The molecule has 12 heteroatoms. The van der Waals surface area contributed by atoms with Crippen molar-refractivity contribution in [2.45, 2.75) is 27.6 Å². The number of nitrogens with one attached hydrogen (secondary N) is 2. The fraction of sp³-hybridized carbons (Fsp3) is 0.269. The lowest BCUT2D eigenvalue weighted by atomic mass is 10.2. The van der Waals surface area contributed by atoms with E-state index in [2.05, 4.69) is 20.4 Å². The first-order valence-electron chi connectivity index (χ1n) is 12.0. The van der Waals surface area contributed by atoms with Gasteiger partial charge in [0.1, 0.15) is 0 Å². The zero-order valence-corrected chi connectivity index (χ0v) is 22.7. The minimum Gasteiger partial charge on any atom is -0.490 e. The van der Waals surface area contributed by atoms with Crippen molar-refractivity contribution in [1.29, 1.82) is 0 Å². The molecule has 1 aliphatic heterocycles. The van der Waals surface area contributed by atoms with Gasteiger partial charge in [-0.15, -0.1) is 0 Å². The number of nitrogens with zero attached hydrogens (tertiary/aromatic N) is 4. The summed E-state index contributed by atoms with van der Waals surface area (Å²) in [6.07, 6.45) is 0. The summed E-state index contributed by atoms with van der Waals surface area (Å²) < 4.78 is 37.1. The molecular weight excluding hydrogens is 524 g/mol. The fourth-order valence-electron chi connectivity index (χ4n) is 4.03. The number of aromatic amines is 1. The second-order valence-electron chi connectivity index (χ2n) is 8.69. The molecule has 1 saturated heterocycles. The number of morpholine rings is 1. The molecule has 2 aromatic carbocycles. The summed E-state index contributed by atoms with van der Waals surface area (Å²) in [4.78, 5) is 12.7. The zero-order valence-electron chi connectivity index (χ0n) is 21.0. The molecule has 0 atom stereocenters. The van der Waals surface area contributed by atoms with Gasteiger partial charge in [0.2, 0.25) is 5.75 Å². The Labute approximate surface area is 225 Å². The molecule has 2 aromatic heterocycles. The van der Waals surface area contributed by atoms with E-state index in [9.17, 15) is 8.42 Å². The molecule has 0 radical (unpaired) electrons. The molecule has 0 saturated carbocycles. The first-order chi connectivity index (χ1) is 18.4. The van der Waals surface area contributed by atoms with E-state index in [-0.39, 0.29) is 10.6 Å². The van der Waals surface area contributed by atoms with E-state index in [1.165, 1.54) is 11.8 Å². The minimum absolute atomic E-state index is 0.0491. The van der Waals surface area contributed by atoms with Crippen LogP contribution in [0.25, 0.3) is 0 Å². The third kappa shape index (κ3) is 6.09. The van der Waals surface area contributed by atoms with E-state index in [0.29, 0.717) is 54.7 Å². The molecule has 0 unspecified atom stereocenters. The number of sulfone groups is 1. The molecule has 4 aromatic rings. The Bertz CT molecular complexity index is 1490. The molecule has 1 aliphatic rings. The monoisotopic (exact) mass is 552 g/mol. The molecule has 0 aliphatic carbocycles. The summed E-state index contributed by atoms with van der Waals surface area (Å²) in [5.74, 6) is 2.22. The highest BCUT2D eigenvalue weighted by Gasteiger charge is 2.24. The molecular formula is C26H28N6O4S2. The van der Waals surface area contributed by atoms with Crippen molar-refractivity contribution in [1.82, 2.24) is 20.2 Å². The van der Waals surface area contributed by atoms with Crippen molar-refractivity contribution in [3.63, 3.8) is 0 Å². The van der Waals surface area contributed by atoms with Gasteiger partial charge >= 0.3 is 0 Å². The maximum atomic E-state index is 12.9. The Morgan fingerprint density at radius 1 is 1.08 bits per heavy atom. The molecule has 5 rings (SSSR count). The molecule has 2 N–H and O–H groups in total. The summed E-state index contributed by atoms with van der Waals surface area (Å²) in [7, 11) is -1.88. The second-order valence-corrected chi connectivity index (χ2v) is 11.7. The van der Waals surface area contributed by atoms with Crippen LogP contribution in [-0.2, 0) is 20.3 Å². The predicted molar refractivity (Wildman–Crippen MR) is 146 cm³/mol. The molecule has 1 fully saturated rings. The number of rotatable bonds is 9. The van der Waals surface area contributed by atoms with Crippen LogP contribution in [0.3, 0.4) is 0 Å². The van der Waals surface area contributed by atoms with Crippen molar-refractivity contribution in [3.8, 4) is 5.75 Å². The van der Waals surface area contributed by atoms with Gasteiger partial charge in [-0.1, -0.05) is 30.3 Å². The Kier molecular flexibility index (Phi) is 7.82. The van der Waals surface area contributed by atoms with Crippen LogP contribution >= 0.6 is 11.8 Å². The number of H-pyrrole nitrogens is 1. The van der Waals surface area contributed by atoms with Gasteiger partial charge in [0.15, 0.2) is 32.4 Å². The number of anilines is 3. The van der Waals surface area contributed by atoms with Gasteiger partial charge in [-0.2, -0.15) is 5.10 Å². The summed E-state index contributed by atoms with van der Waals surface area (Å²) in [5, 5.41) is 10.9. The van der Waals surface area contributed by atoms with E-state index in [1.54, 1.807) is 31.4 Å². The minimum atomic E-state index is -3.47. The normalized spacial score (nSPS) is 13.9. The standard InChI is InChI=1S/C26H28N6O4S2/c1-18-16-22(31-30-18)27-24-23(35-2)25(32-12-14-36-15-13-32)29-26(28-24)37-20-8-10-21(11-9-20)38(33,34)17-19-6-4-3-5-7-19/h3-11,16H,12-15,17H2,1-2H3,(H2,27,28,29,30,31). The van der Waals surface area contributed by atoms with Gasteiger partial charge in [-0.3, -0.25) is 5.10 Å². The Morgan fingerprint density at radius 2 is 1.82 bits per heavy atom. The second kappa shape index (κ2) is 11.4. The van der Waals surface area contributed by atoms with Gasteiger partial charge in [-0.25, -0.2) is 18.4 Å². The number of aromatic nitrogens is 4. The third-order valence-electron chi connectivity index (χ3n) is 5.89. The molecule has 198 valence electrons. The van der Waals surface area contributed by atoms with E-state index in [0.717, 1.165) is 16.2 Å². The topological polar surface area (TPSA) is 122 Å². The summed E-state index contributed by atoms with van der Waals surface area (Å²) in [6, 6.07) is 17.8. The molecule has 0 bridgehead atoms. The summed E-state index contributed by atoms with van der Waals surface area (Å²) >= 11 is 1.34. The number of ether oxygens (including phenoxy) is 2. The Hall–Kier alpha value is -3.61. The van der Waals surface area contributed by atoms with Gasteiger partial charge in [0, 0.05) is 29.7 Å². The van der Waals surface area contributed by atoms with Gasteiger partial charge in [0.25, 0.3) is 0 Å². The van der Waals surface area contributed by atoms with Crippen molar-refractivity contribution in [2.24, 2.45) is 0 Å². The highest BCUT2D eigenvalue weighted by atomic mass is 32.2. The first kappa shape index (κ1) is 26.0. The molecule has 0 amide bonds. The van der Waals surface area contributed by atoms with Crippen LogP contribution in [0.2, 0.25) is 0 Å². The highest BCUT2D eigenvalue weighted by molar-refractivity contribution is 7.99. The van der Waals surface area contributed by atoms with Crippen LogP contribution in [0.1, 0.15) is 11.3 Å². The van der Waals surface area contributed by atoms with E-state index < -0.39 is 9.84 Å². The van der Waals surface area contributed by atoms with Crippen molar-refractivity contribution in [2.75, 3.05) is 43.6 Å².